The van der Waals surface area contributed by atoms with E-state index in [0.717, 1.165) is 5.56 Å². The molecule has 7 heteroatoms. The number of pyridine rings is 1. The molecule has 0 aromatic carbocycles. The molecule has 5 nitrogen and oxygen atoms in total. The molecule has 0 amide bonds. The monoisotopic (exact) mass is 285 g/mol. The third-order valence-corrected chi connectivity index (χ3v) is 3.03. The Morgan fingerprint density at radius 1 is 1.67 bits per heavy atom. The van der Waals surface area contributed by atoms with E-state index in [-0.39, 0.29) is 5.70 Å². The lowest BCUT2D eigenvalue weighted by Gasteiger charge is -1.99. The fourth-order valence-electron chi connectivity index (χ4n) is 1.20. The van der Waals surface area contributed by atoms with Crippen LogP contribution in [0, 0.1) is 10.1 Å². The first kappa shape index (κ1) is 14.7. The Labute approximate surface area is 114 Å². The van der Waals surface area contributed by atoms with Crippen molar-refractivity contribution >= 4 is 29.6 Å². The van der Waals surface area contributed by atoms with Crippen LogP contribution in [0.1, 0.15) is 18.9 Å². The molecule has 0 saturated carbocycles. The van der Waals surface area contributed by atoms with Gasteiger partial charge in [0.1, 0.15) is 5.15 Å². The van der Waals surface area contributed by atoms with Crippen molar-refractivity contribution in [3.05, 3.63) is 49.9 Å². The van der Waals surface area contributed by atoms with Crippen LogP contribution in [0.4, 0.5) is 0 Å². The van der Waals surface area contributed by atoms with Gasteiger partial charge in [-0.15, -0.1) is 11.8 Å². The lowest BCUT2D eigenvalue weighted by Crippen LogP contribution is -2.00. The molecule has 0 radical (unpaired) electrons. The van der Waals surface area contributed by atoms with Crippen molar-refractivity contribution in [3.8, 4) is 0 Å². The van der Waals surface area contributed by atoms with Crippen LogP contribution in [0.3, 0.4) is 0 Å². The van der Waals surface area contributed by atoms with E-state index in [0.29, 0.717) is 16.6 Å². The number of rotatable bonds is 5. The normalized spacial score (nSPS) is 12.6. The van der Waals surface area contributed by atoms with Crippen molar-refractivity contribution in [1.82, 2.24) is 4.98 Å². The largest absolute Gasteiger partial charge is 0.277 e. The molecule has 0 atom stereocenters. The number of nitro groups is 1. The standard InChI is InChI=1S/C11H12ClN3O2S/c1-3-9(15(16)17)11(18-2)14-7-8-4-5-10(12)13-6-8/h4-7H,3H2,1-2H3. The average molecular weight is 286 g/mol. The smallest absolute Gasteiger partial charge is 0.259 e. The van der Waals surface area contributed by atoms with Crippen molar-refractivity contribution < 1.29 is 4.92 Å². The van der Waals surface area contributed by atoms with Gasteiger partial charge in [0.25, 0.3) is 5.70 Å². The Morgan fingerprint density at radius 3 is 2.83 bits per heavy atom. The second-order valence-electron chi connectivity index (χ2n) is 3.24. The van der Waals surface area contributed by atoms with Crippen molar-refractivity contribution in [2.24, 2.45) is 4.99 Å². The molecule has 96 valence electrons. The molecular formula is C11H12ClN3O2S. The number of halogens is 1. The number of thioether (sulfide) groups is 1. The van der Waals surface area contributed by atoms with E-state index in [4.69, 9.17) is 11.6 Å². The Balaban J connectivity index is 2.99. The summed E-state index contributed by atoms with van der Waals surface area (Å²) in [5.41, 5.74) is 0.852. The zero-order valence-corrected chi connectivity index (χ0v) is 11.5. The molecule has 0 aliphatic carbocycles. The molecule has 0 saturated heterocycles. The van der Waals surface area contributed by atoms with Crippen LogP contribution in [-0.2, 0) is 0 Å². The summed E-state index contributed by atoms with van der Waals surface area (Å²) >= 11 is 6.90. The first-order valence-electron chi connectivity index (χ1n) is 5.15. The summed E-state index contributed by atoms with van der Waals surface area (Å²) < 4.78 is 0. The summed E-state index contributed by atoms with van der Waals surface area (Å²) in [7, 11) is 0. The number of hydrogen-bond donors (Lipinski definition) is 0. The first-order chi connectivity index (χ1) is 8.58. The number of nitrogens with zero attached hydrogens (tertiary/aromatic N) is 3. The fraction of sp³-hybridized carbons (Fsp3) is 0.273. The number of allylic oxidation sites excluding steroid dienone is 1. The topological polar surface area (TPSA) is 68.4 Å². The van der Waals surface area contributed by atoms with Crippen molar-refractivity contribution in [1.29, 1.82) is 0 Å². The molecule has 0 fully saturated rings. The molecule has 18 heavy (non-hydrogen) atoms. The minimum absolute atomic E-state index is 0.112. The molecule has 0 bridgehead atoms. The summed E-state index contributed by atoms with van der Waals surface area (Å²) in [6, 6.07) is 3.38. The number of aliphatic imine (C=N–C) groups is 1. The Hall–Kier alpha value is -1.40. The van der Waals surface area contributed by atoms with Crippen molar-refractivity contribution in [2.45, 2.75) is 13.3 Å². The van der Waals surface area contributed by atoms with Crippen molar-refractivity contribution in [2.75, 3.05) is 6.26 Å². The lowest BCUT2D eigenvalue weighted by atomic mass is 10.3. The third kappa shape index (κ3) is 4.12. The van der Waals surface area contributed by atoms with Gasteiger partial charge in [-0.05, 0) is 18.4 Å². The van der Waals surface area contributed by atoms with E-state index in [1.54, 1.807) is 31.5 Å². The zero-order valence-electron chi connectivity index (χ0n) is 9.96. The van der Waals surface area contributed by atoms with E-state index in [2.05, 4.69) is 9.98 Å². The van der Waals surface area contributed by atoms with Gasteiger partial charge in [0, 0.05) is 24.4 Å². The minimum atomic E-state index is -0.400. The first-order valence-corrected chi connectivity index (χ1v) is 6.76. The Morgan fingerprint density at radius 2 is 2.39 bits per heavy atom. The summed E-state index contributed by atoms with van der Waals surface area (Å²) in [5, 5.41) is 11.6. The molecule has 1 rings (SSSR count). The molecule has 0 aliphatic rings. The molecule has 1 aromatic rings. The molecule has 0 unspecified atom stereocenters. The maximum Gasteiger partial charge on any atom is 0.277 e. The van der Waals surface area contributed by atoms with Crippen LogP contribution in [0.15, 0.2) is 34.0 Å². The van der Waals surface area contributed by atoms with Crippen LogP contribution in [0.25, 0.3) is 0 Å². The van der Waals surface area contributed by atoms with Crippen LogP contribution in [0.5, 0.6) is 0 Å². The minimum Gasteiger partial charge on any atom is -0.259 e. The summed E-state index contributed by atoms with van der Waals surface area (Å²) in [6.07, 6.45) is 5.18. The van der Waals surface area contributed by atoms with Crippen LogP contribution in [-0.4, -0.2) is 22.4 Å². The predicted molar refractivity (Wildman–Crippen MR) is 74.7 cm³/mol. The molecule has 0 N–H and O–H groups in total. The zero-order chi connectivity index (χ0) is 13.5. The van der Waals surface area contributed by atoms with Gasteiger partial charge >= 0.3 is 0 Å². The van der Waals surface area contributed by atoms with E-state index in [1.807, 2.05) is 0 Å². The highest BCUT2D eigenvalue weighted by atomic mass is 35.5. The van der Waals surface area contributed by atoms with Gasteiger partial charge in [-0.2, -0.15) is 0 Å². The van der Waals surface area contributed by atoms with Gasteiger partial charge in [-0.25, -0.2) is 9.98 Å². The maximum absolute atomic E-state index is 10.8. The van der Waals surface area contributed by atoms with Gasteiger partial charge in [0.15, 0.2) is 5.03 Å². The van der Waals surface area contributed by atoms with Crippen LogP contribution in [0.2, 0.25) is 5.15 Å². The summed E-state index contributed by atoms with van der Waals surface area (Å²) in [5.74, 6) is 0. The van der Waals surface area contributed by atoms with Crippen molar-refractivity contribution in [3.63, 3.8) is 0 Å². The summed E-state index contributed by atoms with van der Waals surface area (Å²) in [6.45, 7) is 1.73. The SMILES string of the molecule is CCC(=C(N=Cc1ccc(Cl)nc1)SC)[N+](=O)[O-]. The second-order valence-corrected chi connectivity index (χ2v) is 4.42. The third-order valence-electron chi connectivity index (χ3n) is 2.08. The highest BCUT2D eigenvalue weighted by Gasteiger charge is 2.14. The van der Waals surface area contributed by atoms with Gasteiger partial charge in [0.05, 0.1) is 4.92 Å². The van der Waals surface area contributed by atoms with Crippen LogP contribution >= 0.6 is 23.4 Å². The fourth-order valence-corrected chi connectivity index (χ4v) is 1.92. The second kappa shape index (κ2) is 7.13. The molecule has 1 heterocycles. The number of aromatic nitrogens is 1. The number of hydrogen-bond acceptors (Lipinski definition) is 5. The lowest BCUT2D eigenvalue weighted by molar-refractivity contribution is -0.428. The maximum atomic E-state index is 10.8. The average Bonchev–Trinajstić information content (AvgIpc) is 2.35. The Kier molecular flexibility index (Phi) is 5.80. The highest BCUT2D eigenvalue weighted by molar-refractivity contribution is 8.02. The van der Waals surface area contributed by atoms with E-state index < -0.39 is 4.92 Å². The predicted octanol–water partition coefficient (Wildman–Crippen LogP) is 3.37. The highest BCUT2D eigenvalue weighted by Crippen LogP contribution is 2.21. The van der Waals surface area contributed by atoms with Gasteiger partial charge in [0.2, 0.25) is 0 Å². The Bertz CT molecular complexity index is 486. The van der Waals surface area contributed by atoms with E-state index in [9.17, 15) is 10.1 Å². The van der Waals surface area contributed by atoms with Gasteiger partial charge in [-0.1, -0.05) is 18.5 Å². The van der Waals surface area contributed by atoms with Gasteiger partial charge in [-0.3, -0.25) is 10.1 Å². The van der Waals surface area contributed by atoms with Gasteiger partial charge < -0.3 is 0 Å². The quantitative estimate of drug-likeness (QED) is 0.360. The van der Waals surface area contributed by atoms with E-state index >= 15 is 0 Å². The molecular weight excluding hydrogens is 274 g/mol. The molecule has 1 aromatic heterocycles. The molecule has 0 aliphatic heterocycles. The molecule has 0 spiro atoms. The van der Waals surface area contributed by atoms with Crippen LogP contribution < -0.4 is 0 Å². The van der Waals surface area contributed by atoms with E-state index in [1.165, 1.54) is 18.0 Å². The summed E-state index contributed by atoms with van der Waals surface area (Å²) in [4.78, 5) is 18.4.